The molecule has 1 aliphatic carbocycles. The highest BCUT2D eigenvalue weighted by atomic mass is 16.2. The van der Waals surface area contributed by atoms with Crippen LogP contribution < -0.4 is 5.32 Å². The first kappa shape index (κ1) is 15.9. The minimum absolute atomic E-state index is 0.150. The topological polar surface area (TPSA) is 85.1 Å². The number of carbonyl (C=O) groups excluding carboxylic acids is 2. The molecule has 0 aromatic carbocycles. The second-order valence-corrected chi connectivity index (χ2v) is 6.90. The molecule has 2 aliphatic rings. The fraction of sp³-hybridized carbons (Fsp3) is 0.529. The van der Waals surface area contributed by atoms with Crippen LogP contribution in [-0.2, 0) is 18.9 Å². The molecule has 132 valence electrons. The maximum atomic E-state index is 12.6. The molecule has 3 heterocycles. The molecule has 2 fully saturated rings. The van der Waals surface area contributed by atoms with Crippen LogP contribution in [0.4, 0.5) is 0 Å². The summed E-state index contributed by atoms with van der Waals surface area (Å²) in [5, 5.41) is 7.35. The third-order valence-electron chi connectivity index (χ3n) is 4.99. The molecule has 2 aromatic rings. The van der Waals surface area contributed by atoms with Gasteiger partial charge in [-0.3, -0.25) is 14.3 Å². The van der Waals surface area contributed by atoms with Crippen molar-refractivity contribution < 1.29 is 9.59 Å². The fourth-order valence-corrected chi connectivity index (χ4v) is 3.64. The van der Waals surface area contributed by atoms with Gasteiger partial charge in [-0.15, -0.1) is 0 Å². The Morgan fingerprint density at radius 2 is 2.08 bits per heavy atom. The average Bonchev–Trinajstić information content (AvgIpc) is 3.18. The van der Waals surface area contributed by atoms with Gasteiger partial charge in [-0.25, -0.2) is 4.98 Å². The van der Waals surface area contributed by atoms with E-state index in [9.17, 15) is 9.59 Å². The van der Waals surface area contributed by atoms with Crippen LogP contribution in [0.1, 0.15) is 47.9 Å². The lowest BCUT2D eigenvalue weighted by molar-refractivity contribution is -0.138. The van der Waals surface area contributed by atoms with Crippen molar-refractivity contribution in [1.29, 1.82) is 0 Å². The summed E-state index contributed by atoms with van der Waals surface area (Å²) in [4.78, 5) is 31.2. The van der Waals surface area contributed by atoms with Crippen molar-refractivity contribution in [2.24, 2.45) is 14.1 Å². The van der Waals surface area contributed by atoms with Crippen molar-refractivity contribution in [2.75, 3.05) is 0 Å². The number of hydrogen-bond donors (Lipinski definition) is 1. The first-order valence-corrected chi connectivity index (χ1v) is 8.62. The monoisotopic (exact) mass is 342 g/mol. The maximum absolute atomic E-state index is 12.6. The first-order chi connectivity index (χ1) is 12.0. The molecule has 1 saturated heterocycles. The predicted molar refractivity (Wildman–Crippen MR) is 89.5 cm³/mol. The first-order valence-electron chi connectivity index (χ1n) is 8.62. The van der Waals surface area contributed by atoms with Crippen molar-refractivity contribution in [3.05, 3.63) is 36.2 Å². The number of nitrogens with one attached hydrogen (secondary N) is 1. The number of amides is 2. The summed E-state index contributed by atoms with van der Waals surface area (Å²) >= 11 is 0. The number of rotatable bonds is 4. The van der Waals surface area contributed by atoms with Crippen LogP contribution in [0.15, 0.2) is 24.8 Å². The third kappa shape index (κ3) is 2.92. The van der Waals surface area contributed by atoms with Crippen LogP contribution in [0.25, 0.3) is 0 Å². The zero-order chi connectivity index (χ0) is 17.6. The molecule has 2 aromatic heterocycles. The molecule has 1 N–H and O–H groups in total. The van der Waals surface area contributed by atoms with E-state index in [2.05, 4.69) is 15.4 Å². The predicted octanol–water partition coefficient (Wildman–Crippen LogP) is 0.778. The van der Waals surface area contributed by atoms with Crippen LogP contribution in [-0.4, -0.2) is 48.1 Å². The number of nitrogens with zero attached hydrogens (tertiary/aromatic N) is 5. The van der Waals surface area contributed by atoms with Gasteiger partial charge in [0.05, 0.1) is 24.1 Å². The number of likely N-dealkylation sites (tertiary alicyclic amines) is 1. The largest absolute Gasteiger partial charge is 0.345 e. The molecule has 2 atom stereocenters. The number of aromatic nitrogens is 4. The lowest BCUT2D eigenvalue weighted by Crippen LogP contribution is -2.53. The van der Waals surface area contributed by atoms with Gasteiger partial charge in [-0.1, -0.05) is 0 Å². The van der Waals surface area contributed by atoms with E-state index in [1.54, 1.807) is 28.0 Å². The molecule has 2 amide bonds. The molecule has 8 heteroatoms. The fourth-order valence-electron chi connectivity index (χ4n) is 3.64. The summed E-state index contributed by atoms with van der Waals surface area (Å²) in [5.41, 5.74) is 1.34. The quantitative estimate of drug-likeness (QED) is 0.890. The van der Waals surface area contributed by atoms with E-state index in [1.165, 1.54) is 0 Å². The molecule has 0 spiro atoms. The summed E-state index contributed by atoms with van der Waals surface area (Å²) in [6, 6.07) is 1.87. The number of imidazole rings is 1. The van der Waals surface area contributed by atoms with Gasteiger partial charge in [0.25, 0.3) is 5.91 Å². The number of hydrogen-bond acceptors (Lipinski definition) is 4. The molecule has 8 nitrogen and oxygen atoms in total. The minimum atomic E-state index is -0.206. The highest BCUT2D eigenvalue weighted by molar-refractivity contribution is 5.92. The molecule has 4 rings (SSSR count). The van der Waals surface area contributed by atoms with Crippen molar-refractivity contribution >= 4 is 11.8 Å². The Balaban J connectivity index is 1.63. The number of piperidine rings is 1. The van der Waals surface area contributed by atoms with Crippen LogP contribution >= 0.6 is 0 Å². The normalized spacial score (nSPS) is 23.8. The van der Waals surface area contributed by atoms with E-state index in [1.807, 2.05) is 25.1 Å². The highest BCUT2D eigenvalue weighted by Crippen LogP contribution is 2.40. The van der Waals surface area contributed by atoms with E-state index in [0.717, 1.165) is 18.5 Å². The van der Waals surface area contributed by atoms with Gasteiger partial charge in [-0.05, 0) is 25.3 Å². The molecule has 0 unspecified atom stereocenters. The van der Waals surface area contributed by atoms with Gasteiger partial charge in [0.2, 0.25) is 5.91 Å². The lowest BCUT2D eigenvalue weighted by Gasteiger charge is -2.41. The van der Waals surface area contributed by atoms with E-state index < -0.39 is 0 Å². The smallest absolute Gasteiger partial charge is 0.271 e. The zero-order valence-corrected chi connectivity index (χ0v) is 14.4. The second kappa shape index (κ2) is 6.02. The molecular formula is C17H22N6O2. The van der Waals surface area contributed by atoms with E-state index >= 15 is 0 Å². The Kier molecular flexibility index (Phi) is 3.82. The Morgan fingerprint density at radius 1 is 1.28 bits per heavy atom. The Morgan fingerprint density at radius 3 is 2.68 bits per heavy atom. The van der Waals surface area contributed by atoms with Crippen LogP contribution in [0.2, 0.25) is 0 Å². The van der Waals surface area contributed by atoms with Gasteiger partial charge in [0, 0.05) is 39.0 Å². The Bertz CT molecular complexity index is 806. The molecule has 0 bridgehead atoms. The summed E-state index contributed by atoms with van der Waals surface area (Å²) in [6.45, 7) is 0. The lowest BCUT2D eigenvalue weighted by atomic mass is 9.92. The van der Waals surface area contributed by atoms with Gasteiger partial charge in [-0.2, -0.15) is 5.10 Å². The SMILES string of the molecule is Cn1cnc(C(=O)N[C@@H]2CCC(=O)N(C3CC3)[C@H]2c2ccnn2C)c1. The van der Waals surface area contributed by atoms with Crippen molar-refractivity contribution in [1.82, 2.24) is 29.5 Å². The van der Waals surface area contributed by atoms with Gasteiger partial charge < -0.3 is 14.8 Å². The summed E-state index contributed by atoms with van der Waals surface area (Å²) in [7, 11) is 3.70. The Hall–Kier alpha value is -2.64. The highest BCUT2D eigenvalue weighted by Gasteiger charge is 2.45. The van der Waals surface area contributed by atoms with Crippen LogP contribution in [0, 0.1) is 0 Å². The zero-order valence-electron chi connectivity index (χ0n) is 14.4. The molecule has 25 heavy (non-hydrogen) atoms. The summed E-state index contributed by atoms with van der Waals surface area (Å²) < 4.78 is 3.53. The maximum Gasteiger partial charge on any atom is 0.271 e. The van der Waals surface area contributed by atoms with E-state index in [-0.39, 0.29) is 29.9 Å². The van der Waals surface area contributed by atoms with Gasteiger partial charge >= 0.3 is 0 Å². The van der Waals surface area contributed by atoms with Gasteiger partial charge in [0.1, 0.15) is 5.69 Å². The standard InChI is InChI=1S/C17H22N6O2/c1-21-9-13(18-10-21)17(25)20-12-5-6-15(24)23(11-3-4-11)16(12)14-7-8-19-22(14)2/h7-12,16H,3-6H2,1-2H3,(H,20,25)/t12-,16-/m1/s1. The number of carbonyl (C=O) groups is 2. The summed E-state index contributed by atoms with van der Waals surface area (Å²) in [6.07, 6.45) is 8.17. The summed E-state index contributed by atoms with van der Waals surface area (Å²) in [5.74, 6) is -0.0418. The Labute approximate surface area is 145 Å². The molecule has 1 saturated carbocycles. The average molecular weight is 342 g/mol. The van der Waals surface area contributed by atoms with Crippen LogP contribution in [0.5, 0.6) is 0 Å². The molecular weight excluding hydrogens is 320 g/mol. The second-order valence-electron chi connectivity index (χ2n) is 6.90. The van der Waals surface area contributed by atoms with Crippen molar-refractivity contribution in [3.8, 4) is 0 Å². The van der Waals surface area contributed by atoms with Crippen molar-refractivity contribution in [3.63, 3.8) is 0 Å². The third-order valence-corrected chi connectivity index (χ3v) is 4.99. The van der Waals surface area contributed by atoms with Gasteiger partial charge in [0.15, 0.2) is 0 Å². The van der Waals surface area contributed by atoms with Crippen molar-refractivity contribution in [2.45, 2.75) is 43.8 Å². The molecule has 1 aliphatic heterocycles. The minimum Gasteiger partial charge on any atom is -0.345 e. The van der Waals surface area contributed by atoms with E-state index in [0.29, 0.717) is 18.5 Å². The van der Waals surface area contributed by atoms with E-state index in [4.69, 9.17) is 0 Å². The van der Waals surface area contributed by atoms with Crippen LogP contribution in [0.3, 0.4) is 0 Å². The molecule has 0 radical (unpaired) electrons. The number of aryl methyl sites for hydroxylation is 2.